The SMILES string of the molecule is Cc1cc(NC2CCCC23CCOCC3)ccc1[N+](=O)[O-]. The molecule has 1 heterocycles. The molecule has 0 aromatic heterocycles. The molecule has 21 heavy (non-hydrogen) atoms. The van der Waals surface area contributed by atoms with Crippen molar-refractivity contribution in [2.75, 3.05) is 18.5 Å². The third-order valence-electron chi connectivity index (χ3n) is 5.13. The first-order chi connectivity index (χ1) is 10.1. The van der Waals surface area contributed by atoms with Gasteiger partial charge in [-0.05, 0) is 50.2 Å². The minimum Gasteiger partial charge on any atom is -0.382 e. The highest BCUT2D eigenvalue weighted by atomic mass is 16.6. The van der Waals surface area contributed by atoms with Crippen LogP contribution in [0.25, 0.3) is 0 Å². The largest absolute Gasteiger partial charge is 0.382 e. The first-order valence-electron chi connectivity index (χ1n) is 7.70. The van der Waals surface area contributed by atoms with Gasteiger partial charge in [-0.2, -0.15) is 0 Å². The van der Waals surface area contributed by atoms with Crippen molar-refractivity contribution in [1.29, 1.82) is 0 Å². The van der Waals surface area contributed by atoms with Crippen molar-refractivity contribution in [3.8, 4) is 0 Å². The first-order valence-corrected chi connectivity index (χ1v) is 7.70. The van der Waals surface area contributed by atoms with Gasteiger partial charge in [0.2, 0.25) is 0 Å². The Labute approximate surface area is 124 Å². The number of hydrogen-bond donors (Lipinski definition) is 1. The lowest BCUT2D eigenvalue weighted by molar-refractivity contribution is -0.385. The molecule has 1 aliphatic heterocycles. The first kappa shape index (κ1) is 14.3. The van der Waals surface area contributed by atoms with E-state index in [9.17, 15) is 10.1 Å². The van der Waals surface area contributed by atoms with Gasteiger partial charge in [-0.25, -0.2) is 0 Å². The minimum absolute atomic E-state index is 0.188. The summed E-state index contributed by atoms with van der Waals surface area (Å²) in [5, 5.41) is 14.5. The second kappa shape index (κ2) is 5.64. The van der Waals surface area contributed by atoms with Gasteiger partial charge < -0.3 is 10.1 Å². The van der Waals surface area contributed by atoms with E-state index in [1.807, 2.05) is 12.1 Å². The summed E-state index contributed by atoms with van der Waals surface area (Å²) in [5.41, 5.74) is 2.25. The lowest BCUT2D eigenvalue weighted by Crippen LogP contribution is -2.40. The number of nitro benzene ring substituents is 1. The van der Waals surface area contributed by atoms with E-state index in [4.69, 9.17) is 4.74 Å². The second-order valence-corrected chi connectivity index (χ2v) is 6.32. The van der Waals surface area contributed by atoms with Crippen LogP contribution in [0.3, 0.4) is 0 Å². The van der Waals surface area contributed by atoms with Gasteiger partial charge in [0.25, 0.3) is 5.69 Å². The summed E-state index contributed by atoms with van der Waals surface area (Å²) in [5.74, 6) is 0. The van der Waals surface area contributed by atoms with E-state index < -0.39 is 0 Å². The predicted molar refractivity (Wildman–Crippen MR) is 81.6 cm³/mol. The van der Waals surface area contributed by atoms with Crippen LogP contribution in [0.15, 0.2) is 18.2 Å². The monoisotopic (exact) mass is 290 g/mol. The molecule has 2 fully saturated rings. The molecule has 1 aliphatic carbocycles. The summed E-state index contributed by atoms with van der Waals surface area (Å²) in [6.07, 6.45) is 5.94. The number of benzene rings is 1. The summed E-state index contributed by atoms with van der Waals surface area (Å²) in [4.78, 5) is 10.6. The fraction of sp³-hybridized carbons (Fsp3) is 0.625. The molecule has 1 spiro atoms. The van der Waals surface area contributed by atoms with E-state index in [0.717, 1.165) is 31.7 Å². The van der Waals surface area contributed by atoms with Gasteiger partial charge in [-0.15, -0.1) is 0 Å². The van der Waals surface area contributed by atoms with Crippen LogP contribution in [0.1, 0.15) is 37.7 Å². The van der Waals surface area contributed by atoms with Crippen molar-refractivity contribution in [2.24, 2.45) is 5.41 Å². The predicted octanol–water partition coefficient (Wildman–Crippen LogP) is 3.66. The number of anilines is 1. The molecule has 1 atom stereocenters. The van der Waals surface area contributed by atoms with E-state index in [1.54, 1.807) is 13.0 Å². The average Bonchev–Trinajstić information content (AvgIpc) is 2.82. The van der Waals surface area contributed by atoms with Crippen LogP contribution >= 0.6 is 0 Å². The van der Waals surface area contributed by atoms with Crippen LogP contribution in [0.5, 0.6) is 0 Å². The van der Waals surface area contributed by atoms with Gasteiger partial charge in [0, 0.05) is 36.6 Å². The van der Waals surface area contributed by atoms with Crippen molar-refractivity contribution in [3.05, 3.63) is 33.9 Å². The van der Waals surface area contributed by atoms with E-state index in [2.05, 4.69) is 5.32 Å². The summed E-state index contributed by atoms with van der Waals surface area (Å²) in [6, 6.07) is 5.78. The van der Waals surface area contributed by atoms with Crippen molar-refractivity contribution >= 4 is 11.4 Å². The van der Waals surface area contributed by atoms with Crippen LogP contribution in [0, 0.1) is 22.5 Å². The van der Waals surface area contributed by atoms with Crippen LogP contribution in [0.2, 0.25) is 0 Å². The number of hydrogen-bond acceptors (Lipinski definition) is 4. The molecular formula is C16H22N2O3. The molecule has 1 saturated carbocycles. The number of aryl methyl sites for hydroxylation is 1. The third-order valence-corrected chi connectivity index (χ3v) is 5.13. The molecule has 2 aliphatic rings. The molecule has 0 radical (unpaired) electrons. The quantitative estimate of drug-likeness (QED) is 0.681. The Morgan fingerprint density at radius 3 is 2.76 bits per heavy atom. The number of ether oxygens (including phenoxy) is 1. The van der Waals surface area contributed by atoms with Gasteiger partial charge >= 0.3 is 0 Å². The minimum atomic E-state index is -0.325. The molecule has 114 valence electrons. The zero-order valence-electron chi connectivity index (χ0n) is 12.4. The molecule has 5 heteroatoms. The summed E-state index contributed by atoms with van der Waals surface area (Å²) in [6.45, 7) is 3.51. The maximum Gasteiger partial charge on any atom is 0.272 e. The van der Waals surface area contributed by atoms with E-state index in [-0.39, 0.29) is 10.6 Å². The molecule has 1 aromatic rings. The van der Waals surface area contributed by atoms with Crippen molar-refractivity contribution in [3.63, 3.8) is 0 Å². The van der Waals surface area contributed by atoms with Crippen LogP contribution in [0.4, 0.5) is 11.4 Å². The van der Waals surface area contributed by atoms with Crippen LogP contribution < -0.4 is 5.32 Å². The number of rotatable bonds is 3. The Kier molecular flexibility index (Phi) is 3.85. The molecule has 1 aromatic carbocycles. The van der Waals surface area contributed by atoms with E-state index >= 15 is 0 Å². The smallest absolute Gasteiger partial charge is 0.272 e. The zero-order valence-corrected chi connectivity index (χ0v) is 12.4. The lowest BCUT2D eigenvalue weighted by Gasteiger charge is -2.39. The standard InChI is InChI=1S/C16H22N2O3/c1-12-11-13(4-5-14(12)18(19)20)17-15-3-2-6-16(15)7-9-21-10-8-16/h4-5,11,15,17H,2-3,6-10H2,1H3. The summed E-state index contributed by atoms with van der Waals surface area (Å²) >= 11 is 0. The topological polar surface area (TPSA) is 64.4 Å². The Bertz CT molecular complexity index is 538. The molecule has 1 unspecified atom stereocenters. The molecule has 3 rings (SSSR count). The van der Waals surface area contributed by atoms with Gasteiger partial charge in [0.15, 0.2) is 0 Å². The molecular weight excluding hydrogens is 268 g/mol. The third kappa shape index (κ3) is 2.75. The fourth-order valence-corrected chi connectivity index (χ4v) is 3.89. The molecule has 0 amide bonds. The highest BCUT2D eigenvalue weighted by molar-refractivity contribution is 5.54. The summed E-state index contributed by atoms with van der Waals surface area (Å²) < 4.78 is 5.51. The normalized spacial score (nSPS) is 24.1. The lowest BCUT2D eigenvalue weighted by atomic mass is 9.75. The Morgan fingerprint density at radius 2 is 2.10 bits per heavy atom. The van der Waals surface area contributed by atoms with Crippen molar-refractivity contribution in [1.82, 2.24) is 0 Å². The van der Waals surface area contributed by atoms with Gasteiger partial charge in [-0.1, -0.05) is 6.42 Å². The zero-order chi connectivity index (χ0) is 14.9. The number of nitro groups is 1. The highest BCUT2D eigenvalue weighted by Crippen LogP contribution is 2.47. The van der Waals surface area contributed by atoms with Crippen LogP contribution in [-0.4, -0.2) is 24.2 Å². The van der Waals surface area contributed by atoms with Crippen molar-refractivity contribution < 1.29 is 9.66 Å². The highest BCUT2D eigenvalue weighted by Gasteiger charge is 2.43. The van der Waals surface area contributed by atoms with Crippen LogP contribution in [-0.2, 0) is 4.74 Å². The molecule has 5 nitrogen and oxygen atoms in total. The molecule has 1 saturated heterocycles. The maximum absolute atomic E-state index is 10.9. The van der Waals surface area contributed by atoms with Gasteiger partial charge in [0.1, 0.15) is 0 Å². The fourth-order valence-electron chi connectivity index (χ4n) is 3.89. The second-order valence-electron chi connectivity index (χ2n) is 6.32. The number of nitrogens with one attached hydrogen (secondary N) is 1. The summed E-state index contributed by atoms with van der Waals surface area (Å²) in [7, 11) is 0. The molecule has 0 bridgehead atoms. The average molecular weight is 290 g/mol. The van der Waals surface area contributed by atoms with E-state index in [1.165, 1.54) is 19.3 Å². The number of nitrogens with zero attached hydrogens (tertiary/aromatic N) is 1. The van der Waals surface area contributed by atoms with Crippen molar-refractivity contribution in [2.45, 2.75) is 45.1 Å². The van der Waals surface area contributed by atoms with Gasteiger partial charge in [-0.3, -0.25) is 10.1 Å². The maximum atomic E-state index is 10.9. The Hall–Kier alpha value is -1.62. The van der Waals surface area contributed by atoms with Gasteiger partial charge in [0.05, 0.1) is 4.92 Å². The Morgan fingerprint density at radius 1 is 1.33 bits per heavy atom. The molecule has 1 N–H and O–H groups in total. The van der Waals surface area contributed by atoms with E-state index in [0.29, 0.717) is 17.0 Å². The Balaban J connectivity index is 1.76.